The molecule has 0 fully saturated rings. The van der Waals surface area contributed by atoms with Gasteiger partial charge in [-0.15, -0.1) is 0 Å². The summed E-state index contributed by atoms with van der Waals surface area (Å²) in [7, 11) is 0. The molecular weight excluding hydrogens is 188 g/mol. The topological polar surface area (TPSA) is 0 Å². The zero-order valence-electron chi connectivity index (χ0n) is 6.42. The van der Waals surface area contributed by atoms with E-state index in [1.54, 1.807) is 0 Å². The summed E-state index contributed by atoms with van der Waals surface area (Å²) in [6.45, 7) is 4.17. The van der Waals surface area contributed by atoms with Gasteiger partial charge in [0.05, 0.1) is 0 Å². The smallest absolute Gasteiger partial charge is 0.00888 e. The molecule has 0 spiro atoms. The molecule has 1 aromatic rings. The van der Waals surface area contributed by atoms with Gasteiger partial charge in [-0.05, 0) is 0 Å². The minimum absolute atomic E-state index is 0.646. The second-order valence-corrected chi connectivity index (χ2v) is 4.00. The Bertz CT molecular complexity index is 105. The quantitative estimate of drug-likeness (QED) is 0.563. The van der Waals surface area contributed by atoms with Crippen molar-refractivity contribution in [2.75, 3.05) is 0 Å². The highest BCUT2D eigenvalue weighted by atomic mass is 79.9. The van der Waals surface area contributed by atoms with E-state index >= 15 is 0 Å². The molecule has 0 aromatic heterocycles. The van der Waals surface area contributed by atoms with Gasteiger partial charge in [0.25, 0.3) is 0 Å². The molecule has 1 rings (SSSR count). The first-order chi connectivity index (χ1) is 4.73. The Balaban J connectivity index is 0.000000180. The fourth-order valence-electron chi connectivity index (χ4n) is 0.385. The maximum Gasteiger partial charge on any atom is 0.00888 e. The number of benzene rings is 1. The van der Waals surface area contributed by atoms with Crippen LogP contribution in [0.25, 0.3) is 0 Å². The molecule has 0 radical (unpaired) electrons. The van der Waals surface area contributed by atoms with Crippen molar-refractivity contribution in [1.29, 1.82) is 0 Å². The zero-order chi connectivity index (χ0) is 7.82. The SMILES string of the molecule is CC(C)Br.c1ccccc1. The van der Waals surface area contributed by atoms with Crippen molar-refractivity contribution in [2.45, 2.75) is 18.7 Å². The third-order valence-corrected chi connectivity index (χ3v) is 0.667. The molecule has 0 nitrogen and oxygen atoms in total. The van der Waals surface area contributed by atoms with Crippen LogP contribution in [0, 0.1) is 0 Å². The molecule has 0 bridgehead atoms. The second kappa shape index (κ2) is 6.81. The lowest BCUT2D eigenvalue weighted by molar-refractivity contribution is 1.14. The van der Waals surface area contributed by atoms with Crippen LogP contribution in [0.15, 0.2) is 36.4 Å². The summed E-state index contributed by atoms with van der Waals surface area (Å²) in [5, 5.41) is 0. The van der Waals surface area contributed by atoms with Gasteiger partial charge >= 0.3 is 0 Å². The third-order valence-electron chi connectivity index (χ3n) is 0.667. The Morgan fingerprint density at radius 1 is 0.800 bits per heavy atom. The standard InChI is InChI=1S/C6H6.C3H7Br/c1-2-4-6-5-3-1;1-3(2)4/h1-6H;3H,1-2H3. The van der Waals surface area contributed by atoms with Gasteiger partial charge in [0.15, 0.2) is 0 Å². The summed E-state index contributed by atoms with van der Waals surface area (Å²) in [5.41, 5.74) is 0. The van der Waals surface area contributed by atoms with Gasteiger partial charge in [-0.3, -0.25) is 0 Å². The van der Waals surface area contributed by atoms with Gasteiger partial charge < -0.3 is 0 Å². The molecule has 10 heavy (non-hydrogen) atoms. The van der Waals surface area contributed by atoms with E-state index in [2.05, 4.69) is 29.8 Å². The van der Waals surface area contributed by atoms with Crippen LogP contribution >= 0.6 is 15.9 Å². The van der Waals surface area contributed by atoms with Crippen molar-refractivity contribution in [2.24, 2.45) is 0 Å². The lowest BCUT2D eigenvalue weighted by atomic mass is 10.4. The van der Waals surface area contributed by atoms with E-state index in [9.17, 15) is 0 Å². The molecule has 0 saturated carbocycles. The average molecular weight is 201 g/mol. The molecule has 0 aliphatic rings. The monoisotopic (exact) mass is 200 g/mol. The van der Waals surface area contributed by atoms with Gasteiger partial charge in [0.2, 0.25) is 0 Å². The average Bonchev–Trinajstić information content (AvgIpc) is 1.90. The van der Waals surface area contributed by atoms with Gasteiger partial charge in [0.1, 0.15) is 0 Å². The number of alkyl halides is 1. The summed E-state index contributed by atoms with van der Waals surface area (Å²) in [4.78, 5) is 0.646. The van der Waals surface area contributed by atoms with E-state index in [1.807, 2.05) is 36.4 Å². The summed E-state index contributed by atoms with van der Waals surface area (Å²) < 4.78 is 0. The Labute approximate surface area is 71.4 Å². The van der Waals surface area contributed by atoms with Crippen LogP contribution in [-0.4, -0.2) is 4.83 Å². The van der Waals surface area contributed by atoms with E-state index in [0.29, 0.717) is 4.83 Å². The summed E-state index contributed by atoms with van der Waals surface area (Å²) in [5.74, 6) is 0. The largest absolute Gasteiger partial charge is 0.0897 e. The molecule has 0 unspecified atom stereocenters. The predicted molar refractivity (Wildman–Crippen MR) is 50.5 cm³/mol. The second-order valence-electron chi connectivity index (χ2n) is 2.17. The van der Waals surface area contributed by atoms with E-state index in [1.165, 1.54) is 0 Å². The highest BCUT2D eigenvalue weighted by Crippen LogP contribution is 1.89. The Morgan fingerprint density at radius 2 is 0.900 bits per heavy atom. The molecule has 0 aliphatic heterocycles. The Kier molecular flexibility index (Phi) is 6.61. The maximum absolute atomic E-state index is 3.27. The van der Waals surface area contributed by atoms with E-state index in [-0.39, 0.29) is 0 Å². The van der Waals surface area contributed by atoms with Crippen LogP contribution in [0.5, 0.6) is 0 Å². The van der Waals surface area contributed by atoms with Crippen LogP contribution in [0.1, 0.15) is 13.8 Å². The molecule has 0 aliphatic carbocycles. The molecule has 0 saturated heterocycles. The fraction of sp³-hybridized carbons (Fsp3) is 0.333. The van der Waals surface area contributed by atoms with E-state index < -0.39 is 0 Å². The Hall–Kier alpha value is -0.300. The molecule has 0 atom stereocenters. The van der Waals surface area contributed by atoms with Crippen molar-refractivity contribution in [1.82, 2.24) is 0 Å². The number of rotatable bonds is 0. The molecule has 0 amide bonds. The molecule has 0 N–H and O–H groups in total. The first-order valence-corrected chi connectivity index (χ1v) is 4.29. The lowest BCUT2D eigenvalue weighted by Gasteiger charge is -1.76. The molecule has 0 heterocycles. The normalized spacial score (nSPS) is 8.40. The van der Waals surface area contributed by atoms with Crippen LogP contribution in [-0.2, 0) is 0 Å². The fourth-order valence-corrected chi connectivity index (χ4v) is 0.385. The molecular formula is C9H13Br. The van der Waals surface area contributed by atoms with Crippen molar-refractivity contribution in [3.8, 4) is 0 Å². The molecule has 56 valence electrons. The van der Waals surface area contributed by atoms with Crippen molar-refractivity contribution < 1.29 is 0 Å². The first-order valence-electron chi connectivity index (χ1n) is 3.37. The highest BCUT2D eigenvalue weighted by Gasteiger charge is 1.71. The first kappa shape index (κ1) is 9.70. The van der Waals surface area contributed by atoms with Gasteiger partial charge in [-0.1, -0.05) is 66.2 Å². The number of halogens is 1. The lowest BCUT2D eigenvalue weighted by Crippen LogP contribution is -1.69. The van der Waals surface area contributed by atoms with Crippen molar-refractivity contribution in [3.05, 3.63) is 36.4 Å². The van der Waals surface area contributed by atoms with Gasteiger partial charge in [-0.25, -0.2) is 0 Å². The number of hydrogen-bond donors (Lipinski definition) is 0. The predicted octanol–water partition coefficient (Wildman–Crippen LogP) is 3.48. The van der Waals surface area contributed by atoms with Gasteiger partial charge in [0, 0.05) is 4.83 Å². The van der Waals surface area contributed by atoms with E-state index in [4.69, 9.17) is 0 Å². The minimum Gasteiger partial charge on any atom is -0.0897 e. The van der Waals surface area contributed by atoms with E-state index in [0.717, 1.165) is 0 Å². The van der Waals surface area contributed by atoms with Gasteiger partial charge in [-0.2, -0.15) is 0 Å². The Morgan fingerprint density at radius 3 is 1.00 bits per heavy atom. The van der Waals surface area contributed by atoms with Crippen LogP contribution in [0.2, 0.25) is 0 Å². The summed E-state index contributed by atoms with van der Waals surface area (Å²) in [6.07, 6.45) is 0. The van der Waals surface area contributed by atoms with Crippen molar-refractivity contribution >= 4 is 15.9 Å². The summed E-state index contributed by atoms with van der Waals surface area (Å²) >= 11 is 3.27. The maximum atomic E-state index is 3.27. The summed E-state index contributed by atoms with van der Waals surface area (Å²) in [6, 6.07) is 12.0. The minimum atomic E-state index is 0.646. The molecule has 1 heteroatoms. The zero-order valence-corrected chi connectivity index (χ0v) is 8.01. The van der Waals surface area contributed by atoms with Crippen LogP contribution in [0.4, 0.5) is 0 Å². The number of hydrogen-bond acceptors (Lipinski definition) is 0. The molecule has 1 aromatic carbocycles. The highest BCUT2D eigenvalue weighted by molar-refractivity contribution is 9.09. The van der Waals surface area contributed by atoms with Crippen LogP contribution in [0.3, 0.4) is 0 Å². The van der Waals surface area contributed by atoms with Crippen LogP contribution < -0.4 is 0 Å². The van der Waals surface area contributed by atoms with Crippen molar-refractivity contribution in [3.63, 3.8) is 0 Å². The third kappa shape index (κ3) is 10.6.